The van der Waals surface area contributed by atoms with Gasteiger partial charge in [-0.3, -0.25) is 4.99 Å². The zero-order valence-corrected chi connectivity index (χ0v) is 12.7. The molecular weight excluding hydrogens is 329 g/mol. The van der Waals surface area contributed by atoms with Gasteiger partial charge in [0.1, 0.15) is 5.76 Å². The number of aliphatic imine (C=N–C) groups is 1. The van der Waals surface area contributed by atoms with Crippen molar-refractivity contribution in [1.29, 1.82) is 0 Å². The van der Waals surface area contributed by atoms with Gasteiger partial charge in [0.15, 0.2) is 5.96 Å². The Morgan fingerprint density at radius 1 is 1.59 bits per heavy atom. The van der Waals surface area contributed by atoms with Crippen molar-refractivity contribution in [2.75, 3.05) is 14.1 Å². The molecule has 4 nitrogen and oxygen atoms in total. The number of hydrogen-bond acceptors (Lipinski definition) is 2. The van der Waals surface area contributed by atoms with Crippen LogP contribution in [0, 0.1) is 0 Å². The van der Waals surface area contributed by atoms with Crippen LogP contribution < -0.4 is 5.32 Å². The Kier molecular flexibility index (Phi) is 5.80. The Morgan fingerprint density at radius 3 is 2.82 bits per heavy atom. The van der Waals surface area contributed by atoms with Crippen LogP contribution in [0.1, 0.15) is 25.0 Å². The van der Waals surface area contributed by atoms with Crippen LogP contribution in [0.15, 0.2) is 27.8 Å². The number of nitrogens with zero attached hydrogens (tertiary/aromatic N) is 2. The Bertz CT molecular complexity index is 347. The largest absolute Gasteiger partial charge is 0.467 e. The van der Waals surface area contributed by atoms with Crippen LogP contribution in [0.5, 0.6) is 0 Å². The van der Waals surface area contributed by atoms with Crippen LogP contribution in [-0.2, 0) is 6.54 Å². The summed E-state index contributed by atoms with van der Waals surface area (Å²) in [4.78, 5) is 6.36. The van der Waals surface area contributed by atoms with E-state index in [9.17, 15) is 0 Å². The summed E-state index contributed by atoms with van der Waals surface area (Å²) in [6.45, 7) is 0.749. The summed E-state index contributed by atoms with van der Waals surface area (Å²) in [5, 5.41) is 3.45. The number of halogens is 1. The molecule has 0 aliphatic heterocycles. The summed E-state index contributed by atoms with van der Waals surface area (Å²) >= 11 is 0. The van der Waals surface area contributed by atoms with Crippen molar-refractivity contribution in [3.8, 4) is 0 Å². The summed E-state index contributed by atoms with van der Waals surface area (Å²) in [5.41, 5.74) is 0. The standard InChI is InChI=1S/C12H19N3O.HI/c1-13-12(14-10-5-3-6-10)15(2)9-11-7-4-8-16-11;/h4,7-8,10H,3,5-6,9H2,1-2H3,(H,13,14);1H. The van der Waals surface area contributed by atoms with E-state index in [0.29, 0.717) is 6.04 Å². The Labute approximate surface area is 119 Å². The molecule has 0 aromatic carbocycles. The minimum atomic E-state index is 0. The molecule has 1 fully saturated rings. The van der Waals surface area contributed by atoms with Gasteiger partial charge < -0.3 is 14.6 Å². The quantitative estimate of drug-likeness (QED) is 0.518. The topological polar surface area (TPSA) is 40.8 Å². The average Bonchev–Trinajstić information content (AvgIpc) is 2.69. The Morgan fingerprint density at radius 2 is 2.35 bits per heavy atom. The van der Waals surface area contributed by atoms with Gasteiger partial charge in [-0.05, 0) is 31.4 Å². The van der Waals surface area contributed by atoms with E-state index in [1.54, 1.807) is 6.26 Å². The lowest BCUT2D eigenvalue weighted by molar-refractivity contribution is 0.348. The molecule has 0 bridgehead atoms. The molecule has 1 aromatic heterocycles. The zero-order chi connectivity index (χ0) is 11.4. The molecule has 1 aromatic rings. The van der Waals surface area contributed by atoms with Crippen molar-refractivity contribution in [3.63, 3.8) is 0 Å². The minimum Gasteiger partial charge on any atom is -0.467 e. The lowest BCUT2D eigenvalue weighted by Crippen LogP contribution is -2.46. The number of furan rings is 1. The highest BCUT2D eigenvalue weighted by molar-refractivity contribution is 14.0. The first-order valence-corrected chi connectivity index (χ1v) is 5.76. The molecule has 1 heterocycles. The molecule has 5 heteroatoms. The first kappa shape index (κ1) is 14.3. The summed E-state index contributed by atoms with van der Waals surface area (Å²) < 4.78 is 5.32. The third kappa shape index (κ3) is 3.90. The Hall–Kier alpha value is -0.720. The summed E-state index contributed by atoms with van der Waals surface area (Å²) in [5.74, 6) is 1.90. The van der Waals surface area contributed by atoms with Crippen molar-refractivity contribution >= 4 is 29.9 Å². The third-order valence-corrected chi connectivity index (χ3v) is 2.98. The predicted molar refractivity (Wildman–Crippen MR) is 79.7 cm³/mol. The lowest BCUT2D eigenvalue weighted by Gasteiger charge is -2.31. The first-order valence-electron chi connectivity index (χ1n) is 5.76. The van der Waals surface area contributed by atoms with Crippen molar-refractivity contribution in [2.45, 2.75) is 31.8 Å². The second kappa shape index (κ2) is 6.88. The predicted octanol–water partition coefficient (Wildman–Crippen LogP) is 2.46. The molecule has 0 unspecified atom stereocenters. The van der Waals surface area contributed by atoms with Crippen LogP contribution in [-0.4, -0.2) is 31.0 Å². The maximum Gasteiger partial charge on any atom is 0.194 e. The van der Waals surface area contributed by atoms with Gasteiger partial charge in [0, 0.05) is 20.1 Å². The highest BCUT2D eigenvalue weighted by Crippen LogP contribution is 2.18. The summed E-state index contributed by atoms with van der Waals surface area (Å²) in [6, 6.07) is 4.50. The van der Waals surface area contributed by atoms with E-state index in [0.717, 1.165) is 18.3 Å². The van der Waals surface area contributed by atoms with Crippen molar-refractivity contribution in [2.24, 2.45) is 4.99 Å². The van der Waals surface area contributed by atoms with E-state index in [2.05, 4.69) is 15.2 Å². The number of rotatable bonds is 3. The molecule has 0 radical (unpaired) electrons. The van der Waals surface area contributed by atoms with Gasteiger partial charge in [0.05, 0.1) is 12.8 Å². The molecular formula is C12H20IN3O. The number of guanidine groups is 1. The average molecular weight is 349 g/mol. The van der Waals surface area contributed by atoms with E-state index in [4.69, 9.17) is 4.42 Å². The molecule has 1 N–H and O–H groups in total. The molecule has 0 spiro atoms. The summed E-state index contributed by atoms with van der Waals surface area (Å²) in [6.07, 6.45) is 5.54. The van der Waals surface area contributed by atoms with E-state index in [1.165, 1.54) is 19.3 Å². The highest BCUT2D eigenvalue weighted by atomic mass is 127. The maximum absolute atomic E-state index is 5.32. The van der Waals surface area contributed by atoms with Gasteiger partial charge in [-0.1, -0.05) is 0 Å². The number of nitrogens with one attached hydrogen (secondary N) is 1. The van der Waals surface area contributed by atoms with Gasteiger partial charge in [-0.15, -0.1) is 24.0 Å². The monoisotopic (exact) mass is 349 g/mol. The second-order valence-corrected chi connectivity index (χ2v) is 4.25. The van der Waals surface area contributed by atoms with Crippen molar-refractivity contribution < 1.29 is 4.42 Å². The van der Waals surface area contributed by atoms with E-state index in [1.807, 2.05) is 26.2 Å². The zero-order valence-electron chi connectivity index (χ0n) is 10.3. The van der Waals surface area contributed by atoms with E-state index in [-0.39, 0.29) is 24.0 Å². The van der Waals surface area contributed by atoms with Crippen LogP contribution in [0.2, 0.25) is 0 Å². The molecule has 1 aliphatic rings. The van der Waals surface area contributed by atoms with Crippen molar-refractivity contribution in [3.05, 3.63) is 24.2 Å². The van der Waals surface area contributed by atoms with E-state index < -0.39 is 0 Å². The highest BCUT2D eigenvalue weighted by Gasteiger charge is 2.19. The smallest absolute Gasteiger partial charge is 0.194 e. The molecule has 0 amide bonds. The second-order valence-electron chi connectivity index (χ2n) is 4.25. The summed E-state index contributed by atoms with van der Waals surface area (Å²) in [7, 11) is 3.84. The first-order chi connectivity index (χ1) is 7.79. The molecule has 2 rings (SSSR count). The van der Waals surface area contributed by atoms with Gasteiger partial charge in [0.25, 0.3) is 0 Å². The minimum absolute atomic E-state index is 0. The molecule has 1 aliphatic carbocycles. The fourth-order valence-electron chi connectivity index (χ4n) is 1.79. The fraction of sp³-hybridized carbons (Fsp3) is 0.583. The van der Waals surface area contributed by atoms with Crippen LogP contribution in [0.3, 0.4) is 0 Å². The molecule has 17 heavy (non-hydrogen) atoms. The van der Waals surface area contributed by atoms with Crippen LogP contribution >= 0.6 is 24.0 Å². The van der Waals surface area contributed by atoms with Gasteiger partial charge in [0.2, 0.25) is 0 Å². The van der Waals surface area contributed by atoms with Gasteiger partial charge in [-0.25, -0.2) is 0 Å². The van der Waals surface area contributed by atoms with E-state index >= 15 is 0 Å². The molecule has 0 atom stereocenters. The lowest BCUT2D eigenvalue weighted by atomic mass is 9.93. The SMILES string of the molecule is CN=C(NC1CCC1)N(C)Cc1ccco1.I. The third-order valence-electron chi connectivity index (χ3n) is 2.98. The number of hydrogen-bond donors (Lipinski definition) is 1. The molecule has 1 saturated carbocycles. The molecule has 0 saturated heterocycles. The van der Waals surface area contributed by atoms with Gasteiger partial charge in [-0.2, -0.15) is 0 Å². The van der Waals surface area contributed by atoms with Crippen molar-refractivity contribution in [1.82, 2.24) is 10.2 Å². The fourth-order valence-corrected chi connectivity index (χ4v) is 1.79. The van der Waals surface area contributed by atoms with Crippen LogP contribution in [0.4, 0.5) is 0 Å². The van der Waals surface area contributed by atoms with Crippen LogP contribution in [0.25, 0.3) is 0 Å². The maximum atomic E-state index is 5.32. The molecule has 96 valence electrons. The normalized spacial score (nSPS) is 16.0. The Balaban J connectivity index is 0.00000144. The van der Waals surface area contributed by atoms with Gasteiger partial charge >= 0.3 is 0 Å².